The third-order valence-corrected chi connectivity index (χ3v) is 5.62. The Morgan fingerprint density at radius 2 is 2.04 bits per heavy atom. The molecule has 0 aliphatic rings. The molecule has 138 valence electrons. The van der Waals surface area contributed by atoms with E-state index in [0.29, 0.717) is 6.42 Å². The summed E-state index contributed by atoms with van der Waals surface area (Å²) in [4.78, 5) is 17.6. The second-order valence-electron chi connectivity index (χ2n) is 6.70. The first-order chi connectivity index (χ1) is 12.0. The molecule has 0 aliphatic carbocycles. The molecule has 25 heavy (non-hydrogen) atoms. The zero-order valence-electron chi connectivity index (χ0n) is 15.6. The minimum atomic E-state index is -0.0155. The fourth-order valence-corrected chi connectivity index (χ4v) is 3.83. The Balaban J connectivity index is 2.04. The average molecular weight is 365 g/mol. The van der Waals surface area contributed by atoms with Gasteiger partial charge in [0.05, 0.1) is 21.3 Å². The Hall–Kier alpha value is -1.53. The summed E-state index contributed by atoms with van der Waals surface area (Å²) < 4.78 is 5.36. The topological polar surface area (TPSA) is 76.2 Å². The lowest BCUT2D eigenvalue weighted by Gasteiger charge is -2.04. The molecule has 0 saturated heterocycles. The van der Waals surface area contributed by atoms with E-state index in [0.717, 1.165) is 59.1 Å². The molecule has 2 heterocycles. The smallest absolute Gasteiger partial charge is 0.175 e. The molecule has 1 N–H and O–H groups in total. The van der Waals surface area contributed by atoms with Crippen LogP contribution in [0.15, 0.2) is 4.52 Å². The van der Waals surface area contributed by atoms with Crippen molar-refractivity contribution >= 4 is 17.1 Å². The molecule has 6 heteroatoms. The molecule has 0 amide bonds. The van der Waals surface area contributed by atoms with Gasteiger partial charge in [-0.05, 0) is 39.0 Å². The largest absolute Gasteiger partial charge is 0.396 e. The number of hydrogen-bond acceptors (Lipinski definition) is 6. The number of aryl methyl sites for hydroxylation is 4. The molecule has 1 atom stereocenters. The predicted octanol–water partition coefficient (Wildman–Crippen LogP) is 4.08. The minimum Gasteiger partial charge on any atom is -0.396 e. The molecule has 0 fully saturated rings. The van der Waals surface area contributed by atoms with Crippen molar-refractivity contribution < 1.29 is 14.4 Å². The molecule has 0 aromatic carbocycles. The van der Waals surface area contributed by atoms with E-state index in [1.807, 2.05) is 20.8 Å². The fraction of sp³-hybridized carbons (Fsp3) is 0.632. The highest BCUT2D eigenvalue weighted by Gasteiger charge is 2.19. The standard InChI is InChI=1S/C19H28N2O3S/c1-5-6-7-16-15(14(4)24-21-16)8-9-18-20-13(3)19(25-18)17(23)10-12(2)11-22/h12,22H,5-11H2,1-4H3/t12-/m1/s1. The fourth-order valence-electron chi connectivity index (χ4n) is 2.82. The normalized spacial score (nSPS) is 12.5. The Bertz CT molecular complexity index is 706. The van der Waals surface area contributed by atoms with Gasteiger partial charge in [-0.3, -0.25) is 4.79 Å². The van der Waals surface area contributed by atoms with E-state index in [4.69, 9.17) is 9.63 Å². The summed E-state index contributed by atoms with van der Waals surface area (Å²) in [5.74, 6) is 0.943. The molecule has 0 aliphatic heterocycles. The summed E-state index contributed by atoms with van der Waals surface area (Å²) in [5, 5.41) is 14.3. The number of unbranched alkanes of at least 4 members (excludes halogenated alkanes) is 1. The quantitative estimate of drug-likeness (QED) is 0.643. The van der Waals surface area contributed by atoms with Crippen LogP contribution in [0.1, 0.15) is 70.5 Å². The van der Waals surface area contributed by atoms with Crippen molar-refractivity contribution in [2.45, 2.75) is 66.2 Å². The third kappa shape index (κ3) is 5.22. The highest BCUT2D eigenvalue weighted by atomic mass is 32.1. The number of ketones is 1. The number of aliphatic hydroxyl groups excluding tert-OH is 1. The van der Waals surface area contributed by atoms with Crippen molar-refractivity contribution in [3.05, 3.63) is 32.6 Å². The van der Waals surface area contributed by atoms with Crippen molar-refractivity contribution in [2.24, 2.45) is 5.92 Å². The zero-order chi connectivity index (χ0) is 18.4. The monoisotopic (exact) mass is 364 g/mol. The van der Waals surface area contributed by atoms with Crippen LogP contribution in [0.2, 0.25) is 0 Å². The molecule has 2 rings (SSSR count). The maximum Gasteiger partial charge on any atom is 0.175 e. The highest BCUT2D eigenvalue weighted by Crippen LogP contribution is 2.24. The van der Waals surface area contributed by atoms with Crippen LogP contribution >= 0.6 is 11.3 Å². The average Bonchev–Trinajstić information content (AvgIpc) is 3.13. The second-order valence-corrected chi connectivity index (χ2v) is 7.79. The van der Waals surface area contributed by atoms with Crippen molar-refractivity contribution in [3.63, 3.8) is 0 Å². The number of carbonyl (C=O) groups excluding carboxylic acids is 1. The molecular formula is C19H28N2O3S. The molecule has 0 radical (unpaired) electrons. The lowest BCUT2D eigenvalue weighted by molar-refractivity contribution is 0.0946. The summed E-state index contributed by atoms with van der Waals surface area (Å²) in [6.45, 7) is 7.91. The van der Waals surface area contributed by atoms with Gasteiger partial charge in [0.25, 0.3) is 0 Å². The van der Waals surface area contributed by atoms with Crippen LogP contribution in [0.3, 0.4) is 0 Å². The van der Waals surface area contributed by atoms with E-state index in [1.165, 1.54) is 16.9 Å². The molecule has 0 unspecified atom stereocenters. The van der Waals surface area contributed by atoms with Gasteiger partial charge < -0.3 is 9.63 Å². The molecule has 5 nitrogen and oxygen atoms in total. The molecule has 2 aromatic rings. The number of hydrogen-bond donors (Lipinski definition) is 1. The number of rotatable bonds is 10. The summed E-state index contributed by atoms with van der Waals surface area (Å²) in [7, 11) is 0. The molecule has 0 bridgehead atoms. The Labute approximate surface area is 153 Å². The number of nitrogens with zero attached hydrogens (tertiary/aromatic N) is 2. The SMILES string of the molecule is CCCCc1noc(C)c1CCc1nc(C)c(C(=O)C[C@@H](C)CO)s1. The first-order valence-electron chi connectivity index (χ1n) is 9.00. The van der Waals surface area contributed by atoms with E-state index >= 15 is 0 Å². The van der Waals surface area contributed by atoms with Gasteiger partial charge in [-0.15, -0.1) is 11.3 Å². The molecule has 0 spiro atoms. The van der Waals surface area contributed by atoms with Crippen LogP contribution in [0.5, 0.6) is 0 Å². The van der Waals surface area contributed by atoms with E-state index < -0.39 is 0 Å². The molecule has 0 saturated carbocycles. The lowest BCUT2D eigenvalue weighted by atomic mass is 10.0. The van der Waals surface area contributed by atoms with Crippen molar-refractivity contribution in [1.29, 1.82) is 0 Å². The van der Waals surface area contributed by atoms with E-state index in [9.17, 15) is 4.79 Å². The van der Waals surface area contributed by atoms with Crippen molar-refractivity contribution in [3.8, 4) is 0 Å². The van der Waals surface area contributed by atoms with E-state index in [2.05, 4.69) is 17.1 Å². The lowest BCUT2D eigenvalue weighted by Crippen LogP contribution is -2.08. The van der Waals surface area contributed by atoms with Gasteiger partial charge in [-0.2, -0.15) is 0 Å². The van der Waals surface area contributed by atoms with Gasteiger partial charge in [0, 0.05) is 25.0 Å². The minimum absolute atomic E-state index is 0.0155. The second kappa shape index (κ2) is 9.25. The van der Waals surface area contributed by atoms with Crippen molar-refractivity contribution in [2.75, 3.05) is 6.61 Å². The van der Waals surface area contributed by atoms with Crippen LogP contribution in [0, 0.1) is 19.8 Å². The summed E-state index contributed by atoms with van der Waals surface area (Å²) in [5.41, 5.74) is 3.03. The number of aliphatic hydroxyl groups is 1. The maximum atomic E-state index is 12.3. The van der Waals surface area contributed by atoms with Crippen LogP contribution < -0.4 is 0 Å². The highest BCUT2D eigenvalue weighted by molar-refractivity contribution is 7.13. The van der Waals surface area contributed by atoms with Gasteiger partial charge in [0.15, 0.2) is 5.78 Å². The van der Waals surface area contributed by atoms with Gasteiger partial charge in [-0.25, -0.2) is 4.98 Å². The number of thiazole rings is 1. The van der Waals surface area contributed by atoms with Gasteiger partial charge in [-0.1, -0.05) is 25.4 Å². The molecule has 2 aromatic heterocycles. The number of aromatic nitrogens is 2. The zero-order valence-corrected chi connectivity index (χ0v) is 16.4. The third-order valence-electron chi connectivity index (χ3n) is 4.36. The summed E-state index contributed by atoms with van der Waals surface area (Å²) >= 11 is 1.48. The first-order valence-corrected chi connectivity index (χ1v) is 9.82. The van der Waals surface area contributed by atoms with Gasteiger partial charge in [0.1, 0.15) is 5.76 Å². The Morgan fingerprint density at radius 1 is 1.28 bits per heavy atom. The van der Waals surface area contributed by atoms with Crippen molar-refractivity contribution in [1.82, 2.24) is 10.1 Å². The molecular weight excluding hydrogens is 336 g/mol. The number of carbonyl (C=O) groups is 1. The van der Waals surface area contributed by atoms with Gasteiger partial charge in [0.2, 0.25) is 0 Å². The Kier molecular flexibility index (Phi) is 7.32. The van der Waals surface area contributed by atoms with Crippen LogP contribution in [-0.4, -0.2) is 27.6 Å². The number of Topliss-reactive ketones (excluding diaryl/α,β-unsaturated/α-hetero) is 1. The van der Waals surface area contributed by atoms with E-state index in [1.54, 1.807) is 0 Å². The van der Waals surface area contributed by atoms with Crippen LogP contribution in [-0.2, 0) is 19.3 Å². The first kappa shape index (κ1) is 19.8. The predicted molar refractivity (Wildman–Crippen MR) is 99.3 cm³/mol. The maximum absolute atomic E-state index is 12.3. The van der Waals surface area contributed by atoms with Crippen LogP contribution in [0.25, 0.3) is 0 Å². The summed E-state index contributed by atoms with van der Waals surface area (Å²) in [6.07, 6.45) is 5.18. The van der Waals surface area contributed by atoms with Gasteiger partial charge >= 0.3 is 0 Å². The Morgan fingerprint density at radius 3 is 2.72 bits per heavy atom. The van der Waals surface area contributed by atoms with E-state index in [-0.39, 0.29) is 18.3 Å². The summed E-state index contributed by atoms with van der Waals surface area (Å²) in [6, 6.07) is 0. The van der Waals surface area contributed by atoms with Crippen LogP contribution in [0.4, 0.5) is 0 Å².